The molecular weight excluding hydrogens is 320 g/mol. The number of aliphatic hydroxyl groups is 1. The summed E-state index contributed by atoms with van der Waals surface area (Å²) in [6, 6.07) is 0. The van der Waals surface area contributed by atoms with Gasteiger partial charge in [0.25, 0.3) is 0 Å². The molecule has 0 heterocycles. The van der Waals surface area contributed by atoms with Crippen LogP contribution in [0.4, 0.5) is 0 Å². The smallest absolute Gasteiger partial charge is 0.303 e. The summed E-state index contributed by atoms with van der Waals surface area (Å²) in [4.78, 5) is 33.6. The number of ketones is 1. The van der Waals surface area contributed by atoms with Crippen LogP contribution in [-0.4, -0.2) is 34.4 Å². The van der Waals surface area contributed by atoms with Crippen molar-refractivity contribution in [3.05, 3.63) is 24.3 Å². The fraction of sp³-hybridized carbons (Fsp3) is 0.650. The van der Waals surface area contributed by atoms with E-state index in [1.807, 2.05) is 12.2 Å². The third-order valence-corrected chi connectivity index (χ3v) is 4.12. The molecule has 0 aliphatic carbocycles. The molecule has 0 amide bonds. The Morgan fingerprint density at radius 2 is 1.80 bits per heavy atom. The lowest BCUT2D eigenvalue weighted by molar-refractivity contribution is -0.137. The second-order valence-corrected chi connectivity index (χ2v) is 6.37. The van der Waals surface area contributed by atoms with E-state index in [4.69, 9.17) is 5.11 Å². The SMILES string of the molecule is CCCCC[C@H](O)/C=C/[C@H](C=O)C(C/C=C\CCCC(=O)O)C(C)=O. The Balaban J connectivity index is 4.53. The number of carboxylic acid groups (broad SMARTS) is 1. The number of hydrogen-bond acceptors (Lipinski definition) is 4. The van der Waals surface area contributed by atoms with Crippen LogP contribution >= 0.6 is 0 Å². The number of hydrogen-bond donors (Lipinski definition) is 2. The van der Waals surface area contributed by atoms with Gasteiger partial charge in [0.2, 0.25) is 0 Å². The van der Waals surface area contributed by atoms with E-state index in [0.29, 0.717) is 25.7 Å². The number of rotatable bonds is 15. The van der Waals surface area contributed by atoms with Gasteiger partial charge in [0, 0.05) is 18.3 Å². The lowest BCUT2D eigenvalue weighted by Crippen LogP contribution is -2.21. The normalized spacial score (nSPS) is 15.3. The second-order valence-electron chi connectivity index (χ2n) is 6.37. The van der Waals surface area contributed by atoms with Gasteiger partial charge in [-0.3, -0.25) is 9.59 Å². The maximum Gasteiger partial charge on any atom is 0.303 e. The fourth-order valence-electron chi connectivity index (χ4n) is 2.56. The minimum absolute atomic E-state index is 0.0718. The van der Waals surface area contributed by atoms with E-state index in [2.05, 4.69) is 6.92 Å². The average Bonchev–Trinajstić information content (AvgIpc) is 2.55. The van der Waals surface area contributed by atoms with Crippen molar-refractivity contribution in [2.24, 2.45) is 11.8 Å². The number of Topliss-reactive ketones (excluding diaryl/α,β-unsaturated/α-hetero) is 1. The van der Waals surface area contributed by atoms with Gasteiger partial charge in [0.05, 0.1) is 6.10 Å². The van der Waals surface area contributed by atoms with Gasteiger partial charge in [-0.1, -0.05) is 50.5 Å². The molecule has 0 bridgehead atoms. The van der Waals surface area contributed by atoms with E-state index >= 15 is 0 Å². The molecule has 0 spiro atoms. The predicted molar refractivity (Wildman–Crippen MR) is 98.3 cm³/mol. The number of unbranched alkanes of at least 4 members (excludes halogenated alkanes) is 3. The molecule has 0 aromatic carbocycles. The van der Waals surface area contributed by atoms with Gasteiger partial charge >= 0.3 is 5.97 Å². The molecule has 0 saturated carbocycles. The van der Waals surface area contributed by atoms with Gasteiger partial charge in [0.15, 0.2) is 0 Å². The number of carboxylic acids is 1. The van der Waals surface area contributed by atoms with Gasteiger partial charge in [-0.15, -0.1) is 0 Å². The molecule has 3 atom stereocenters. The highest BCUT2D eigenvalue weighted by Gasteiger charge is 2.22. The Morgan fingerprint density at radius 3 is 2.36 bits per heavy atom. The van der Waals surface area contributed by atoms with Crippen molar-refractivity contribution in [2.45, 2.75) is 71.3 Å². The molecule has 2 N–H and O–H groups in total. The summed E-state index contributed by atoms with van der Waals surface area (Å²) in [6.45, 7) is 3.56. The van der Waals surface area contributed by atoms with Crippen LogP contribution in [0, 0.1) is 11.8 Å². The van der Waals surface area contributed by atoms with E-state index in [1.54, 1.807) is 12.2 Å². The highest BCUT2D eigenvalue weighted by Crippen LogP contribution is 2.19. The van der Waals surface area contributed by atoms with Crippen molar-refractivity contribution in [2.75, 3.05) is 0 Å². The van der Waals surface area contributed by atoms with Crippen molar-refractivity contribution in [3.8, 4) is 0 Å². The van der Waals surface area contributed by atoms with Crippen LogP contribution in [0.2, 0.25) is 0 Å². The van der Waals surface area contributed by atoms with Crippen molar-refractivity contribution in [1.82, 2.24) is 0 Å². The van der Waals surface area contributed by atoms with Crippen molar-refractivity contribution >= 4 is 18.0 Å². The Kier molecular flexibility index (Phi) is 13.6. The quantitative estimate of drug-likeness (QED) is 0.266. The molecule has 0 rings (SSSR count). The van der Waals surface area contributed by atoms with E-state index in [0.717, 1.165) is 25.5 Å². The molecule has 5 heteroatoms. The van der Waals surface area contributed by atoms with Gasteiger partial charge in [-0.05, 0) is 32.6 Å². The van der Waals surface area contributed by atoms with Crippen LogP contribution in [0.25, 0.3) is 0 Å². The van der Waals surface area contributed by atoms with Crippen LogP contribution in [0.3, 0.4) is 0 Å². The van der Waals surface area contributed by atoms with Crippen LogP contribution < -0.4 is 0 Å². The zero-order valence-corrected chi connectivity index (χ0v) is 15.4. The van der Waals surface area contributed by atoms with Crippen molar-refractivity contribution in [3.63, 3.8) is 0 Å². The highest BCUT2D eigenvalue weighted by molar-refractivity contribution is 5.82. The first kappa shape index (κ1) is 23.2. The molecule has 25 heavy (non-hydrogen) atoms. The van der Waals surface area contributed by atoms with Gasteiger partial charge in [-0.25, -0.2) is 0 Å². The first-order chi connectivity index (χ1) is 11.9. The van der Waals surface area contributed by atoms with E-state index in [9.17, 15) is 19.5 Å². The fourth-order valence-corrected chi connectivity index (χ4v) is 2.56. The lowest BCUT2D eigenvalue weighted by atomic mass is 9.86. The molecule has 0 aliphatic heterocycles. The van der Waals surface area contributed by atoms with Crippen LogP contribution in [0.1, 0.15) is 65.2 Å². The number of carbonyl (C=O) groups excluding carboxylic acids is 2. The number of aliphatic hydroxyl groups excluding tert-OH is 1. The predicted octanol–water partition coefficient (Wildman–Crippen LogP) is 3.71. The molecule has 0 fully saturated rings. The van der Waals surface area contributed by atoms with Gasteiger partial charge in [0.1, 0.15) is 12.1 Å². The Morgan fingerprint density at radius 1 is 1.08 bits per heavy atom. The average molecular weight is 352 g/mol. The maximum absolute atomic E-state index is 11.8. The van der Waals surface area contributed by atoms with Crippen molar-refractivity contribution in [1.29, 1.82) is 0 Å². The lowest BCUT2D eigenvalue weighted by Gasteiger charge is -2.16. The second kappa shape index (κ2) is 14.6. The molecule has 0 saturated heterocycles. The molecule has 142 valence electrons. The standard InChI is InChI=1S/C20H32O5/c1-3-4-7-10-18(23)14-13-17(15-21)19(16(2)22)11-8-5-6-9-12-20(24)25/h5,8,13-15,17-19,23H,3-4,6-7,9-12H2,1-2H3,(H,24,25)/b8-5-,14-13+/t17-,18+,19?/m1/s1. The summed E-state index contributed by atoms with van der Waals surface area (Å²) in [5.41, 5.74) is 0. The van der Waals surface area contributed by atoms with Crippen LogP contribution in [0.15, 0.2) is 24.3 Å². The highest BCUT2D eigenvalue weighted by atomic mass is 16.4. The molecule has 5 nitrogen and oxygen atoms in total. The summed E-state index contributed by atoms with van der Waals surface area (Å²) in [5.74, 6) is -1.90. The van der Waals surface area contributed by atoms with Crippen LogP contribution in [-0.2, 0) is 14.4 Å². The zero-order valence-electron chi connectivity index (χ0n) is 15.4. The molecular formula is C20H32O5. The third-order valence-electron chi connectivity index (χ3n) is 4.12. The third kappa shape index (κ3) is 12.3. The summed E-state index contributed by atoms with van der Waals surface area (Å²) in [7, 11) is 0. The Bertz CT molecular complexity index is 453. The number of allylic oxidation sites excluding steroid dienone is 3. The molecule has 0 aliphatic rings. The minimum Gasteiger partial charge on any atom is -0.481 e. The van der Waals surface area contributed by atoms with E-state index < -0.39 is 23.9 Å². The zero-order chi connectivity index (χ0) is 19.1. The van der Waals surface area contributed by atoms with Crippen molar-refractivity contribution < 1.29 is 24.6 Å². The molecule has 0 aromatic heterocycles. The van der Waals surface area contributed by atoms with E-state index in [1.165, 1.54) is 6.92 Å². The Hall–Kier alpha value is -1.75. The number of aliphatic carboxylic acids is 1. The largest absolute Gasteiger partial charge is 0.481 e. The van der Waals surface area contributed by atoms with E-state index in [-0.39, 0.29) is 12.2 Å². The van der Waals surface area contributed by atoms with Gasteiger partial charge in [-0.2, -0.15) is 0 Å². The molecule has 1 unspecified atom stereocenters. The van der Waals surface area contributed by atoms with Crippen LogP contribution in [0.5, 0.6) is 0 Å². The topological polar surface area (TPSA) is 91.7 Å². The minimum atomic E-state index is -0.821. The first-order valence-corrected chi connectivity index (χ1v) is 9.11. The summed E-state index contributed by atoms with van der Waals surface area (Å²) < 4.78 is 0. The Labute approximate surface area is 150 Å². The maximum atomic E-state index is 11.8. The summed E-state index contributed by atoms with van der Waals surface area (Å²) in [6.07, 6.45) is 12.6. The molecule has 0 aromatic rings. The van der Waals surface area contributed by atoms with Gasteiger partial charge < -0.3 is 15.0 Å². The summed E-state index contributed by atoms with van der Waals surface area (Å²) in [5, 5.41) is 18.5. The monoisotopic (exact) mass is 352 g/mol. The first-order valence-electron chi connectivity index (χ1n) is 9.11. The number of carbonyl (C=O) groups is 3. The number of aldehydes is 1. The molecule has 0 radical (unpaired) electrons. The summed E-state index contributed by atoms with van der Waals surface area (Å²) >= 11 is 0.